The minimum Gasteiger partial charge on any atom is -0.321 e. The Kier molecular flexibility index (Phi) is 2.78. The Hall–Kier alpha value is -1.15. The number of ketones is 1. The Morgan fingerprint density at radius 2 is 2.00 bits per heavy atom. The van der Waals surface area contributed by atoms with E-state index < -0.39 is 23.6 Å². The van der Waals surface area contributed by atoms with Gasteiger partial charge in [0.2, 0.25) is 0 Å². The summed E-state index contributed by atoms with van der Waals surface area (Å²) in [6.07, 6.45) is -1.07. The SMILES string of the molecule is [2H][C@H](c1ccccc1)[C@]([2H])(N)C(=O)C(C)(C)C. The van der Waals surface area contributed by atoms with E-state index in [0.29, 0.717) is 5.56 Å². The fourth-order valence-electron chi connectivity index (χ4n) is 1.23. The van der Waals surface area contributed by atoms with Crippen molar-refractivity contribution in [2.45, 2.75) is 33.2 Å². The first-order chi connectivity index (χ1) is 7.67. The fourth-order valence-corrected chi connectivity index (χ4v) is 1.23. The minimum absolute atomic E-state index is 0.422. The third-order valence-electron chi connectivity index (χ3n) is 2.07. The standard InChI is InChI=1S/C13H19NO/c1-13(2,3)12(15)11(14)9-10-7-5-4-6-8-10/h4-8,11H,9,14H2,1-3H3/t11-/m0/s1/i9D,11D/t9-,11+/m1. The molecule has 1 aromatic rings. The molecule has 0 aliphatic carbocycles. The van der Waals surface area contributed by atoms with Crippen molar-refractivity contribution in [1.82, 2.24) is 0 Å². The number of Topliss-reactive ketones (excluding diaryl/α,β-unsaturated/α-hetero) is 1. The molecule has 0 aliphatic rings. The molecule has 0 bridgehead atoms. The van der Waals surface area contributed by atoms with Crippen molar-refractivity contribution in [2.75, 3.05) is 0 Å². The molecule has 0 spiro atoms. The first-order valence-electron chi connectivity index (χ1n) is 6.06. The van der Waals surface area contributed by atoms with Crippen LogP contribution in [0.25, 0.3) is 0 Å². The van der Waals surface area contributed by atoms with E-state index >= 15 is 0 Å². The van der Waals surface area contributed by atoms with E-state index in [2.05, 4.69) is 0 Å². The summed E-state index contributed by atoms with van der Waals surface area (Å²) in [6, 6.07) is 6.88. The lowest BCUT2D eigenvalue weighted by molar-refractivity contribution is -0.127. The highest BCUT2D eigenvalue weighted by molar-refractivity contribution is 5.88. The van der Waals surface area contributed by atoms with Crippen LogP contribution in [-0.2, 0) is 11.2 Å². The zero-order chi connectivity index (χ0) is 13.3. The summed E-state index contributed by atoms with van der Waals surface area (Å²) in [7, 11) is 0. The topological polar surface area (TPSA) is 43.1 Å². The van der Waals surface area contributed by atoms with Gasteiger partial charge in [0.05, 0.1) is 7.39 Å². The van der Waals surface area contributed by atoms with E-state index in [1.165, 1.54) is 0 Å². The summed E-state index contributed by atoms with van der Waals surface area (Å²) < 4.78 is 16.0. The second-order valence-electron chi connectivity index (χ2n) is 4.59. The van der Waals surface area contributed by atoms with Gasteiger partial charge in [-0.05, 0) is 12.0 Å². The smallest absolute Gasteiger partial charge is 0.155 e. The molecule has 2 heteroatoms. The molecule has 0 saturated heterocycles. The monoisotopic (exact) mass is 207 g/mol. The van der Waals surface area contributed by atoms with Gasteiger partial charge in [-0.1, -0.05) is 51.1 Å². The Bertz CT molecular complexity index is 396. The third-order valence-corrected chi connectivity index (χ3v) is 2.07. The molecule has 0 aromatic heterocycles. The van der Waals surface area contributed by atoms with Crippen molar-refractivity contribution in [3.8, 4) is 0 Å². The average molecular weight is 207 g/mol. The van der Waals surface area contributed by atoms with Crippen LogP contribution in [0.15, 0.2) is 30.3 Å². The van der Waals surface area contributed by atoms with Gasteiger partial charge in [-0.2, -0.15) is 0 Å². The van der Waals surface area contributed by atoms with Gasteiger partial charge in [0.15, 0.2) is 5.78 Å². The van der Waals surface area contributed by atoms with E-state index in [1.54, 1.807) is 45.0 Å². The molecule has 0 radical (unpaired) electrons. The molecule has 0 heterocycles. The number of nitrogens with two attached hydrogens (primary N) is 1. The van der Waals surface area contributed by atoms with Crippen molar-refractivity contribution in [2.24, 2.45) is 11.1 Å². The molecule has 82 valence electrons. The second kappa shape index (κ2) is 4.58. The summed E-state index contributed by atoms with van der Waals surface area (Å²) in [5, 5.41) is 0. The van der Waals surface area contributed by atoms with Crippen molar-refractivity contribution in [3.05, 3.63) is 35.9 Å². The van der Waals surface area contributed by atoms with Crippen LogP contribution in [0.5, 0.6) is 0 Å². The lowest BCUT2D eigenvalue weighted by Gasteiger charge is -2.21. The minimum atomic E-state index is -1.92. The fraction of sp³-hybridized carbons (Fsp3) is 0.462. The molecule has 1 rings (SSSR count). The summed E-state index contributed by atoms with van der Waals surface area (Å²) >= 11 is 0. The molecule has 0 unspecified atom stereocenters. The number of benzene rings is 1. The van der Waals surface area contributed by atoms with E-state index in [1.807, 2.05) is 6.07 Å². The maximum atomic E-state index is 12.1. The average Bonchev–Trinajstić information content (AvgIpc) is 2.27. The molecule has 0 aliphatic heterocycles. The van der Waals surface area contributed by atoms with Crippen LogP contribution in [0.3, 0.4) is 0 Å². The number of hydrogen-bond donors (Lipinski definition) is 1. The molecule has 2 nitrogen and oxygen atoms in total. The van der Waals surface area contributed by atoms with E-state index in [9.17, 15) is 4.79 Å². The molecular formula is C13H19NO. The number of carbonyl (C=O) groups excluding carboxylic acids is 1. The predicted molar refractivity (Wildman–Crippen MR) is 62.6 cm³/mol. The largest absolute Gasteiger partial charge is 0.321 e. The Morgan fingerprint density at radius 3 is 2.47 bits per heavy atom. The number of rotatable bonds is 3. The highest BCUT2D eigenvalue weighted by Crippen LogP contribution is 2.17. The van der Waals surface area contributed by atoms with Crippen LogP contribution in [0, 0.1) is 5.41 Å². The van der Waals surface area contributed by atoms with Crippen LogP contribution < -0.4 is 5.73 Å². The number of carbonyl (C=O) groups is 1. The Labute approximate surface area is 94.3 Å². The molecule has 0 amide bonds. The Balaban J connectivity index is 3.03. The summed E-state index contributed by atoms with van der Waals surface area (Å²) in [5.41, 5.74) is 5.62. The molecule has 2 atom stereocenters. The van der Waals surface area contributed by atoms with Gasteiger partial charge >= 0.3 is 0 Å². The van der Waals surface area contributed by atoms with E-state index in [-0.39, 0.29) is 0 Å². The quantitative estimate of drug-likeness (QED) is 0.825. The van der Waals surface area contributed by atoms with Gasteiger partial charge in [-0.15, -0.1) is 0 Å². The normalized spacial score (nSPS) is 19.7. The second-order valence-corrected chi connectivity index (χ2v) is 4.59. The third kappa shape index (κ3) is 3.48. The zero-order valence-electron chi connectivity index (χ0n) is 11.4. The van der Waals surface area contributed by atoms with Crippen LogP contribution in [0.4, 0.5) is 0 Å². The van der Waals surface area contributed by atoms with Gasteiger partial charge < -0.3 is 5.73 Å². The van der Waals surface area contributed by atoms with Gasteiger partial charge in [-0.3, -0.25) is 4.79 Å². The van der Waals surface area contributed by atoms with Crippen molar-refractivity contribution >= 4 is 5.78 Å². The van der Waals surface area contributed by atoms with Crippen LogP contribution in [0.1, 0.15) is 29.1 Å². The molecule has 15 heavy (non-hydrogen) atoms. The highest BCUT2D eigenvalue weighted by atomic mass is 16.1. The van der Waals surface area contributed by atoms with Crippen LogP contribution >= 0.6 is 0 Å². The van der Waals surface area contributed by atoms with Gasteiger partial charge in [0.1, 0.15) is 0 Å². The summed E-state index contributed by atoms with van der Waals surface area (Å²) in [6.45, 7) is 5.13. The maximum absolute atomic E-state index is 12.1. The number of hydrogen-bond acceptors (Lipinski definition) is 2. The first kappa shape index (κ1) is 9.10. The molecular weight excluding hydrogens is 186 g/mol. The molecule has 0 fully saturated rings. The highest BCUT2D eigenvalue weighted by Gasteiger charge is 2.26. The van der Waals surface area contributed by atoms with E-state index in [4.69, 9.17) is 8.48 Å². The Morgan fingerprint density at radius 1 is 1.47 bits per heavy atom. The lowest BCUT2D eigenvalue weighted by atomic mass is 9.85. The van der Waals surface area contributed by atoms with Crippen molar-refractivity contribution in [3.63, 3.8) is 0 Å². The molecule has 2 N–H and O–H groups in total. The van der Waals surface area contributed by atoms with Gasteiger partial charge in [-0.25, -0.2) is 0 Å². The van der Waals surface area contributed by atoms with E-state index in [0.717, 1.165) is 0 Å². The van der Waals surface area contributed by atoms with Gasteiger partial charge in [0.25, 0.3) is 0 Å². The summed E-state index contributed by atoms with van der Waals surface area (Å²) in [4.78, 5) is 12.1. The van der Waals surface area contributed by atoms with Crippen molar-refractivity contribution in [1.29, 1.82) is 0 Å². The van der Waals surface area contributed by atoms with Gasteiger partial charge in [0, 0.05) is 6.79 Å². The lowest BCUT2D eigenvalue weighted by Crippen LogP contribution is -2.40. The van der Waals surface area contributed by atoms with Crippen LogP contribution in [-0.4, -0.2) is 11.8 Å². The summed E-state index contributed by atoms with van der Waals surface area (Å²) in [5.74, 6) is -0.422. The first-order valence-corrected chi connectivity index (χ1v) is 4.98. The predicted octanol–water partition coefficient (Wildman–Crippen LogP) is 2.17. The molecule has 0 saturated carbocycles. The molecule has 1 aromatic carbocycles. The zero-order valence-corrected chi connectivity index (χ0v) is 9.45. The van der Waals surface area contributed by atoms with Crippen LogP contribution in [0.2, 0.25) is 0 Å². The maximum Gasteiger partial charge on any atom is 0.155 e. The van der Waals surface area contributed by atoms with Crippen molar-refractivity contribution < 1.29 is 7.54 Å².